The number of unbranched alkanes of at least 4 members (excludes halogenated alkanes) is 8. The highest BCUT2D eigenvalue weighted by molar-refractivity contribution is 5.73. The van der Waals surface area contributed by atoms with E-state index in [1.165, 1.54) is 63.4 Å². The van der Waals surface area contributed by atoms with Gasteiger partial charge in [-0.3, -0.25) is 0 Å². The third-order valence-corrected chi connectivity index (χ3v) is 4.08. The normalized spacial score (nSPS) is 11.3. The van der Waals surface area contributed by atoms with Crippen LogP contribution in [0.3, 0.4) is 0 Å². The zero-order valence-electron chi connectivity index (χ0n) is 13.7. The Morgan fingerprint density at radius 3 is 2.29 bits per heavy atom. The molecule has 1 heterocycles. The van der Waals surface area contributed by atoms with E-state index in [1.807, 2.05) is 6.07 Å². The van der Waals surface area contributed by atoms with Crippen molar-refractivity contribution < 1.29 is 4.42 Å². The number of hydrogen-bond acceptors (Lipinski definition) is 2. The number of benzene rings is 1. The lowest BCUT2D eigenvalue weighted by molar-refractivity contribution is 0.502. The van der Waals surface area contributed by atoms with Crippen LogP contribution in [-0.2, 0) is 6.42 Å². The van der Waals surface area contributed by atoms with Gasteiger partial charge in [-0.05, 0) is 31.0 Å². The van der Waals surface area contributed by atoms with E-state index in [2.05, 4.69) is 31.0 Å². The maximum atomic E-state index is 5.78. The van der Waals surface area contributed by atoms with Crippen LogP contribution in [-0.4, -0.2) is 4.98 Å². The smallest absolute Gasteiger partial charge is 0.195 e. The number of aromatic nitrogens is 1. The fourth-order valence-corrected chi connectivity index (χ4v) is 2.78. The summed E-state index contributed by atoms with van der Waals surface area (Å²) in [6.07, 6.45) is 13.2. The van der Waals surface area contributed by atoms with E-state index in [0.29, 0.717) is 0 Å². The minimum Gasteiger partial charge on any atom is -0.441 e. The summed E-state index contributed by atoms with van der Waals surface area (Å²) in [6.45, 7) is 4.36. The van der Waals surface area contributed by atoms with Crippen molar-refractivity contribution in [2.45, 2.75) is 78.1 Å². The van der Waals surface area contributed by atoms with E-state index in [9.17, 15) is 0 Å². The van der Waals surface area contributed by atoms with Gasteiger partial charge in [0, 0.05) is 6.42 Å². The van der Waals surface area contributed by atoms with Crippen molar-refractivity contribution >= 4 is 11.1 Å². The topological polar surface area (TPSA) is 26.0 Å². The lowest BCUT2D eigenvalue weighted by atomic mass is 10.1. The van der Waals surface area contributed by atoms with Gasteiger partial charge in [-0.15, -0.1) is 0 Å². The number of nitrogens with zero attached hydrogens (tertiary/aromatic N) is 1. The van der Waals surface area contributed by atoms with Crippen molar-refractivity contribution in [1.82, 2.24) is 4.98 Å². The predicted molar refractivity (Wildman–Crippen MR) is 89.7 cm³/mol. The average molecular weight is 287 g/mol. The van der Waals surface area contributed by atoms with Crippen LogP contribution in [0, 0.1) is 6.92 Å². The van der Waals surface area contributed by atoms with Crippen LogP contribution in [0.4, 0.5) is 0 Å². The molecule has 0 saturated carbocycles. The van der Waals surface area contributed by atoms with Gasteiger partial charge in [0.15, 0.2) is 11.5 Å². The molecule has 0 N–H and O–H groups in total. The van der Waals surface area contributed by atoms with Crippen molar-refractivity contribution in [3.63, 3.8) is 0 Å². The van der Waals surface area contributed by atoms with Gasteiger partial charge in [-0.25, -0.2) is 4.98 Å². The van der Waals surface area contributed by atoms with Crippen molar-refractivity contribution in [3.05, 3.63) is 29.7 Å². The molecular formula is C19H29NO. The number of hydrogen-bond donors (Lipinski definition) is 0. The molecule has 0 atom stereocenters. The van der Waals surface area contributed by atoms with Gasteiger partial charge in [0.2, 0.25) is 0 Å². The Balaban J connectivity index is 1.59. The molecule has 0 radical (unpaired) electrons. The fourth-order valence-electron chi connectivity index (χ4n) is 2.78. The SMILES string of the molecule is CCCCCCCCCCCc1nc2cc(C)ccc2o1. The molecule has 0 aliphatic heterocycles. The highest BCUT2D eigenvalue weighted by Gasteiger charge is 2.05. The molecule has 1 aromatic heterocycles. The van der Waals surface area contributed by atoms with Crippen LogP contribution in [0.2, 0.25) is 0 Å². The van der Waals surface area contributed by atoms with E-state index >= 15 is 0 Å². The fraction of sp³-hybridized carbons (Fsp3) is 0.632. The van der Waals surface area contributed by atoms with Crippen LogP contribution in [0.1, 0.15) is 76.2 Å². The van der Waals surface area contributed by atoms with Gasteiger partial charge < -0.3 is 4.42 Å². The molecule has 0 aliphatic carbocycles. The molecule has 0 saturated heterocycles. The van der Waals surface area contributed by atoms with Crippen molar-refractivity contribution in [2.75, 3.05) is 0 Å². The average Bonchev–Trinajstić information content (AvgIpc) is 2.87. The lowest BCUT2D eigenvalue weighted by Crippen LogP contribution is -1.86. The molecule has 116 valence electrons. The Hall–Kier alpha value is -1.31. The first-order valence-electron chi connectivity index (χ1n) is 8.65. The quantitative estimate of drug-likeness (QED) is 0.485. The first-order chi connectivity index (χ1) is 10.3. The van der Waals surface area contributed by atoms with E-state index in [-0.39, 0.29) is 0 Å². The standard InChI is InChI=1S/C19H29NO/c1-3-4-5-6-7-8-9-10-11-12-19-20-17-15-16(2)13-14-18(17)21-19/h13-15H,3-12H2,1-2H3. The number of fused-ring (bicyclic) bond motifs is 1. The molecule has 0 aliphatic rings. The van der Waals surface area contributed by atoms with Gasteiger partial charge in [0.25, 0.3) is 0 Å². The summed E-state index contributed by atoms with van der Waals surface area (Å²) in [5.74, 6) is 0.901. The van der Waals surface area contributed by atoms with Gasteiger partial charge in [0.1, 0.15) is 5.52 Å². The highest BCUT2D eigenvalue weighted by atomic mass is 16.3. The van der Waals surface area contributed by atoms with Crippen LogP contribution in [0.5, 0.6) is 0 Å². The molecule has 1 aromatic carbocycles. The molecule has 2 nitrogen and oxygen atoms in total. The van der Waals surface area contributed by atoms with Crippen molar-refractivity contribution in [3.8, 4) is 0 Å². The van der Waals surface area contributed by atoms with E-state index in [1.54, 1.807) is 0 Å². The highest BCUT2D eigenvalue weighted by Crippen LogP contribution is 2.18. The molecule has 0 amide bonds. The Morgan fingerprint density at radius 2 is 1.57 bits per heavy atom. The second kappa shape index (κ2) is 8.86. The molecule has 0 unspecified atom stereocenters. The number of oxazole rings is 1. The Morgan fingerprint density at radius 1 is 0.905 bits per heavy atom. The van der Waals surface area contributed by atoms with Gasteiger partial charge in [0.05, 0.1) is 0 Å². The summed E-state index contributed by atoms with van der Waals surface area (Å²) >= 11 is 0. The minimum absolute atomic E-state index is 0.901. The first kappa shape index (κ1) is 16.1. The summed E-state index contributed by atoms with van der Waals surface area (Å²) in [4.78, 5) is 4.57. The molecule has 0 fully saturated rings. The van der Waals surface area contributed by atoms with Gasteiger partial charge in [-0.2, -0.15) is 0 Å². The maximum Gasteiger partial charge on any atom is 0.195 e. The van der Waals surface area contributed by atoms with Crippen LogP contribution in [0.15, 0.2) is 22.6 Å². The second-order valence-electron chi connectivity index (χ2n) is 6.16. The molecule has 0 bridgehead atoms. The van der Waals surface area contributed by atoms with Crippen molar-refractivity contribution in [2.24, 2.45) is 0 Å². The minimum atomic E-state index is 0.901. The lowest BCUT2D eigenvalue weighted by Gasteiger charge is -2.00. The monoisotopic (exact) mass is 287 g/mol. The zero-order chi connectivity index (χ0) is 14.9. The number of rotatable bonds is 10. The first-order valence-corrected chi connectivity index (χ1v) is 8.65. The Labute approximate surface area is 129 Å². The van der Waals surface area contributed by atoms with E-state index in [4.69, 9.17) is 4.42 Å². The van der Waals surface area contributed by atoms with E-state index in [0.717, 1.165) is 23.4 Å². The van der Waals surface area contributed by atoms with E-state index < -0.39 is 0 Å². The zero-order valence-corrected chi connectivity index (χ0v) is 13.7. The molecule has 0 spiro atoms. The van der Waals surface area contributed by atoms with Crippen LogP contribution < -0.4 is 0 Å². The van der Waals surface area contributed by atoms with Gasteiger partial charge in [-0.1, -0.05) is 64.4 Å². The van der Waals surface area contributed by atoms with Crippen molar-refractivity contribution in [1.29, 1.82) is 0 Å². The number of aryl methyl sites for hydroxylation is 2. The molecule has 2 rings (SSSR count). The second-order valence-corrected chi connectivity index (χ2v) is 6.16. The molecule has 2 aromatic rings. The summed E-state index contributed by atoms with van der Waals surface area (Å²) in [7, 11) is 0. The van der Waals surface area contributed by atoms with Crippen LogP contribution in [0.25, 0.3) is 11.1 Å². The molecule has 21 heavy (non-hydrogen) atoms. The van der Waals surface area contributed by atoms with Crippen LogP contribution >= 0.6 is 0 Å². The largest absolute Gasteiger partial charge is 0.441 e. The Bertz CT molecular complexity index is 529. The maximum absolute atomic E-state index is 5.78. The third kappa shape index (κ3) is 5.53. The third-order valence-electron chi connectivity index (χ3n) is 4.08. The molecule has 2 heteroatoms. The Kier molecular flexibility index (Phi) is 6.78. The predicted octanol–water partition coefficient (Wildman–Crippen LogP) is 6.21. The summed E-state index contributed by atoms with van der Waals surface area (Å²) < 4.78 is 5.78. The molecular weight excluding hydrogens is 258 g/mol. The summed E-state index contributed by atoms with van der Waals surface area (Å²) in [5, 5.41) is 0. The summed E-state index contributed by atoms with van der Waals surface area (Å²) in [6, 6.07) is 6.20. The summed E-state index contributed by atoms with van der Waals surface area (Å²) in [5.41, 5.74) is 3.16. The van der Waals surface area contributed by atoms with Gasteiger partial charge >= 0.3 is 0 Å².